The largest absolute Gasteiger partial charge is 0.295 e. The van der Waals surface area contributed by atoms with Crippen molar-refractivity contribution in [2.24, 2.45) is 0 Å². The van der Waals surface area contributed by atoms with Gasteiger partial charge in [-0.3, -0.25) is 4.79 Å². The summed E-state index contributed by atoms with van der Waals surface area (Å²) in [7, 11) is 0. The highest BCUT2D eigenvalue weighted by atomic mass is 16.1. The van der Waals surface area contributed by atoms with E-state index in [2.05, 4.69) is 37.3 Å². The number of aryl methyl sites for hydroxylation is 2. The third-order valence-electron chi connectivity index (χ3n) is 2.96. The molecule has 2 aromatic rings. The average Bonchev–Trinajstić information content (AvgIpc) is 2.28. The first-order valence-electron chi connectivity index (χ1n) is 5.76. The van der Waals surface area contributed by atoms with Gasteiger partial charge in [0.15, 0.2) is 5.78 Å². The second-order valence-corrected chi connectivity index (χ2v) is 4.46. The molecule has 1 nitrogen and oxygen atoms in total. The molecule has 0 fully saturated rings. The summed E-state index contributed by atoms with van der Waals surface area (Å²) >= 11 is 0. The van der Waals surface area contributed by atoms with Crippen molar-refractivity contribution in [3.63, 3.8) is 0 Å². The smallest absolute Gasteiger partial charge is 0.160 e. The lowest BCUT2D eigenvalue weighted by atomic mass is 9.97. The summed E-state index contributed by atoms with van der Waals surface area (Å²) in [6.07, 6.45) is 0. The molecule has 1 heteroatoms. The Morgan fingerprint density at radius 2 is 1.61 bits per heavy atom. The van der Waals surface area contributed by atoms with Crippen LogP contribution in [0, 0.1) is 13.8 Å². The lowest BCUT2D eigenvalue weighted by molar-refractivity contribution is 0.101. The summed E-state index contributed by atoms with van der Waals surface area (Å²) < 4.78 is 0. The van der Waals surface area contributed by atoms with E-state index < -0.39 is 0 Å². The van der Waals surface area contributed by atoms with E-state index >= 15 is 0 Å². The lowest BCUT2D eigenvalue weighted by Gasteiger charge is -2.07. The molecule has 18 heavy (non-hydrogen) atoms. The molecule has 0 aromatic heterocycles. The Morgan fingerprint density at radius 3 is 2.17 bits per heavy atom. The molecule has 2 aromatic carbocycles. The van der Waals surface area contributed by atoms with Crippen molar-refractivity contribution < 1.29 is 4.79 Å². The summed E-state index contributed by atoms with van der Waals surface area (Å²) in [4.78, 5) is 11.4. The van der Waals surface area contributed by atoms with Gasteiger partial charge in [0.25, 0.3) is 0 Å². The maximum atomic E-state index is 11.4. The van der Waals surface area contributed by atoms with Crippen LogP contribution < -0.4 is 0 Å². The highest BCUT2D eigenvalue weighted by Gasteiger charge is 2.05. The second kappa shape index (κ2) is 5.63. The fourth-order valence-electron chi connectivity index (χ4n) is 2.06. The quantitative estimate of drug-likeness (QED) is 0.688. The monoisotopic (exact) mass is 240 g/mol. The zero-order valence-electron chi connectivity index (χ0n) is 10.4. The molecule has 0 saturated heterocycles. The molecule has 0 bridgehead atoms. The molecule has 2 rings (SSSR count). The Hall–Kier alpha value is -1.89. The first kappa shape index (κ1) is 14.2. The summed E-state index contributed by atoms with van der Waals surface area (Å²) in [5, 5.41) is 0. The number of Topliss-reactive ketones (excluding diaryl/α,β-unsaturated/α-hetero) is 1. The summed E-state index contributed by atoms with van der Waals surface area (Å²) in [6.45, 7) is 5.67. The normalized spacial score (nSPS) is 9.72. The van der Waals surface area contributed by atoms with Crippen molar-refractivity contribution in [3.05, 3.63) is 59.2 Å². The van der Waals surface area contributed by atoms with Crippen molar-refractivity contribution in [1.29, 1.82) is 0 Å². The zero-order chi connectivity index (χ0) is 12.4. The van der Waals surface area contributed by atoms with Gasteiger partial charge in [0.2, 0.25) is 0 Å². The van der Waals surface area contributed by atoms with E-state index in [1.807, 2.05) is 19.1 Å². The first-order valence-corrected chi connectivity index (χ1v) is 5.76. The third-order valence-corrected chi connectivity index (χ3v) is 2.96. The Morgan fingerprint density at radius 1 is 0.944 bits per heavy atom. The topological polar surface area (TPSA) is 17.1 Å². The first-order chi connectivity index (χ1) is 8.08. The van der Waals surface area contributed by atoms with Crippen LogP contribution >= 0.6 is 0 Å². The maximum absolute atomic E-state index is 11.4. The number of rotatable bonds is 2. The highest BCUT2D eigenvalue weighted by Crippen LogP contribution is 2.23. The van der Waals surface area contributed by atoms with E-state index in [4.69, 9.17) is 0 Å². The van der Waals surface area contributed by atoms with Crippen LogP contribution in [0.4, 0.5) is 0 Å². The Labute approximate surface area is 109 Å². The van der Waals surface area contributed by atoms with E-state index in [-0.39, 0.29) is 13.2 Å². The summed E-state index contributed by atoms with van der Waals surface area (Å²) in [5.41, 5.74) is 5.45. The predicted octanol–water partition coefficient (Wildman–Crippen LogP) is 4.81. The SMILES string of the molecule is C.CC(=O)c1ccc(-c2cccc(C)c2)cc1C. The molecule has 0 atom stereocenters. The second-order valence-electron chi connectivity index (χ2n) is 4.46. The van der Waals surface area contributed by atoms with Crippen molar-refractivity contribution in [2.75, 3.05) is 0 Å². The molecule has 0 unspecified atom stereocenters. The van der Waals surface area contributed by atoms with Crippen LogP contribution in [0.2, 0.25) is 0 Å². The minimum absolute atomic E-state index is 0. The third kappa shape index (κ3) is 2.86. The van der Waals surface area contributed by atoms with Gasteiger partial charge in [-0.1, -0.05) is 55.5 Å². The molecular formula is C17H20O. The molecule has 0 radical (unpaired) electrons. The van der Waals surface area contributed by atoms with Gasteiger partial charge in [-0.2, -0.15) is 0 Å². The number of carbonyl (C=O) groups is 1. The molecule has 0 N–H and O–H groups in total. The Bertz CT molecular complexity index is 568. The minimum Gasteiger partial charge on any atom is -0.295 e. The molecule has 0 aliphatic rings. The van der Waals surface area contributed by atoms with Crippen LogP contribution in [0.3, 0.4) is 0 Å². The van der Waals surface area contributed by atoms with Crippen molar-refractivity contribution in [1.82, 2.24) is 0 Å². The standard InChI is InChI=1S/C16H16O.CH4/c1-11-5-4-6-14(9-11)15-7-8-16(13(3)17)12(2)10-15;/h4-10H,1-3H3;1H4. The minimum atomic E-state index is 0. The molecule has 0 amide bonds. The van der Waals surface area contributed by atoms with Gasteiger partial charge in [-0.15, -0.1) is 0 Å². The summed E-state index contributed by atoms with van der Waals surface area (Å²) in [6, 6.07) is 14.4. The number of ketones is 1. The maximum Gasteiger partial charge on any atom is 0.160 e. The van der Waals surface area contributed by atoms with Crippen LogP contribution in [-0.2, 0) is 0 Å². The van der Waals surface area contributed by atoms with Crippen LogP contribution in [0.25, 0.3) is 11.1 Å². The van der Waals surface area contributed by atoms with Gasteiger partial charge in [0.05, 0.1) is 0 Å². The average molecular weight is 240 g/mol. The van der Waals surface area contributed by atoms with Gasteiger partial charge in [0.1, 0.15) is 0 Å². The molecule has 94 valence electrons. The molecule has 0 spiro atoms. The lowest BCUT2D eigenvalue weighted by Crippen LogP contribution is -1.95. The van der Waals surface area contributed by atoms with Crippen molar-refractivity contribution in [2.45, 2.75) is 28.2 Å². The molecular weight excluding hydrogens is 220 g/mol. The van der Waals surface area contributed by atoms with E-state index in [0.29, 0.717) is 0 Å². The molecule has 0 aliphatic carbocycles. The number of hydrogen-bond donors (Lipinski definition) is 0. The highest BCUT2D eigenvalue weighted by molar-refractivity contribution is 5.96. The fourth-order valence-corrected chi connectivity index (χ4v) is 2.06. The van der Waals surface area contributed by atoms with Gasteiger partial charge >= 0.3 is 0 Å². The van der Waals surface area contributed by atoms with Crippen LogP contribution in [-0.4, -0.2) is 5.78 Å². The van der Waals surface area contributed by atoms with Gasteiger partial charge in [-0.05, 0) is 37.5 Å². The van der Waals surface area contributed by atoms with Crippen LogP contribution in [0.15, 0.2) is 42.5 Å². The summed E-state index contributed by atoms with van der Waals surface area (Å²) in [5.74, 6) is 0.123. The van der Waals surface area contributed by atoms with Crippen molar-refractivity contribution >= 4 is 5.78 Å². The van der Waals surface area contributed by atoms with E-state index in [1.165, 1.54) is 11.1 Å². The number of hydrogen-bond acceptors (Lipinski definition) is 1. The van der Waals surface area contributed by atoms with Gasteiger partial charge in [0, 0.05) is 5.56 Å². The molecule has 0 saturated carbocycles. The zero-order valence-corrected chi connectivity index (χ0v) is 10.4. The number of carbonyl (C=O) groups excluding carboxylic acids is 1. The Balaban J connectivity index is 0.00000162. The molecule has 0 aliphatic heterocycles. The van der Waals surface area contributed by atoms with E-state index in [1.54, 1.807) is 6.92 Å². The number of benzene rings is 2. The van der Waals surface area contributed by atoms with Gasteiger partial charge in [-0.25, -0.2) is 0 Å². The Kier molecular flexibility index (Phi) is 4.43. The fraction of sp³-hybridized carbons (Fsp3) is 0.235. The van der Waals surface area contributed by atoms with Crippen LogP contribution in [0.1, 0.15) is 35.8 Å². The van der Waals surface area contributed by atoms with E-state index in [0.717, 1.165) is 16.7 Å². The molecule has 0 heterocycles. The van der Waals surface area contributed by atoms with Crippen LogP contribution in [0.5, 0.6) is 0 Å². The predicted molar refractivity (Wildman–Crippen MR) is 78.1 cm³/mol. The van der Waals surface area contributed by atoms with Crippen molar-refractivity contribution in [3.8, 4) is 11.1 Å². The van der Waals surface area contributed by atoms with E-state index in [9.17, 15) is 4.79 Å². The van der Waals surface area contributed by atoms with Gasteiger partial charge < -0.3 is 0 Å².